The summed E-state index contributed by atoms with van der Waals surface area (Å²) in [5.41, 5.74) is 1.28. The smallest absolute Gasteiger partial charge is 0.255 e. The Kier molecular flexibility index (Phi) is 5.56. The van der Waals surface area contributed by atoms with Gasteiger partial charge in [0.15, 0.2) is 9.84 Å². The number of hydrogen-bond acceptors (Lipinski definition) is 3. The Labute approximate surface area is 180 Å². The zero-order valence-corrected chi connectivity index (χ0v) is 17.8. The van der Waals surface area contributed by atoms with E-state index in [-0.39, 0.29) is 22.4 Å². The Morgan fingerprint density at radius 1 is 1.03 bits per heavy atom. The number of halogens is 2. The normalized spacial score (nSPS) is 18.1. The van der Waals surface area contributed by atoms with Crippen molar-refractivity contribution < 1.29 is 13.2 Å². The van der Waals surface area contributed by atoms with Crippen LogP contribution in [0, 0.1) is 0 Å². The van der Waals surface area contributed by atoms with Crippen molar-refractivity contribution in [3.8, 4) is 0 Å². The second kappa shape index (κ2) is 7.98. The van der Waals surface area contributed by atoms with Crippen LogP contribution in [0.15, 0.2) is 60.7 Å². The van der Waals surface area contributed by atoms with Gasteiger partial charge in [-0.2, -0.15) is 0 Å². The third kappa shape index (κ3) is 4.27. The SMILES string of the molecule is O=C(c1ccc(Cl)cc1Cl)N(Cc1cccc2ccccc12)[C@H]1CCS(=O)(=O)C1. The van der Waals surface area contributed by atoms with Gasteiger partial charge in [-0.3, -0.25) is 4.79 Å². The van der Waals surface area contributed by atoms with Crippen molar-refractivity contribution in [3.05, 3.63) is 81.8 Å². The number of benzene rings is 3. The highest BCUT2D eigenvalue weighted by Gasteiger charge is 2.35. The molecule has 0 spiro atoms. The van der Waals surface area contributed by atoms with E-state index in [9.17, 15) is 13.2 Å². The van der Waals surface area contributed by atoms with E-state index < -0.39 is 15.9 Å². The van der Waals surface area contributed by atoms with Crippen molar-refractivity contribution in [2.45, 2.75) is 19.0 Å². The van der Waals surface area contributed by atoms with E-state index in [2.05, 4.69) is 0 Å². The van der Waals surface area contributed by atoms with Gasteiger partial charge in [0.25, 0.3) is 5.91 Å². The summed E-state index contributed by atoms with van der Waals surface area (Å²) in [5, 5.41) is 2.80. The van der Waals surface area contributed by atoms with Crippen LogP contribution >= 0.6 is 23.2 Å². The van der Waals surface area contributed by atoms with Crippen LogP contribution in [0.1, 0.15) is 22.3 Å². The van der Waals surface area contributed by atoms with Crippen LogP contribution in [0.2, 0.25) is 10.0 Å². The molecule has 1 atom stereocenters. The Morgan fingerprint density at radius 2 is 1.79 bits per heavy atom. The molecule has 29 heavy (non-hydrogen) atoms. The lowest BCUT2D eigenvalue weighted by atomic mass is 10.0. The molecule has 0 saturated carbocycles. The van der Waals surface area contributed by atoms with Crippen molar-refractivity contribution in [1.29, 1.82) is 0 Å². The topological polar surface area (TPSA) is 54.5 Å². The number of fused-ring (bicyclic) bond motifs is 1. The average Bonchev–Trinajstić information content (AvgIpc) is 3.05. The first kappa shape index (κ1) is 20.2. The molecule has 7 heteroatoms. The minimum absolute atomic E-state index is 0.0330. The fourth-order valence-corrected chi connectivity index (χ4v) is 6.04. The van der Waals surface area contributed by atoms with Gasteiger partial charge in [0.2, 0.25) is 0 Å². The number of sulfone groups is 1. The summed E-state index contributed by atoms with van der Waals surface area (Å²) in [7, 11) is -3.16. The molecule has 1 aliphatic rings. The molecule has 4 nitrogen and oxygen atoms in total. The predicted molar refractivity (Wildman–Crippen MR) is 117 cm³/mol. The van der Waals surface area contributed by atoms with Crippen LogP contribution in [0.3, 0.4) is 0 Å². The molecule has 3 aromatic carbocycles. The maximum Gasteiger partial charge on any atom is 0.255 e. The molecule has 1 fully saturated rings. The Morgan fingerprint density at radius 3 is 2.52 bits per heavy atom. The highest BCUT2D eigenvalue weighted by atomic mass is 35.5. The van der Waals surface area contributed by atoms with E-state index in [4.69, 9.17) is 23.2 Å². The molecule has 1 amide bonds. The summed E-state index contributed by atoms with van der Waals surface area (Å²) in [6, 6.07) is 18.2. The van der Waals surface area contributed by atoms with Gasteiger partial charge in [-0.1, -0.05) is 65.7 Å². The molecule has 0 aliphatic carbocycles. The van der Waals surface area contributed by atoms with Gasteiger partial charge in [-0.25, -0.2) is 8.42 Å². The maximum atomic E-state index is 13.4. The fraction of sp³-hybridized carbons (Fsp3) is 0.227. The third-order valence-electron chi connectivity index (χ3n) is 5.29. The minimum Gasteiger partial charge on any atom is -0.330 e. The Hall–Kier alpha value is -2.08. The predicted octanol–water partition coefficient (Wildman–Crippen LogP) is 4.98. The Balaban J connectivity index is 1.75. The number of carbonyl (C=O) groups is 1. The van der Waals surface area contributed by atoms with Gasteiger partial charge in [-0.05, 0) is 41.0 Å². The second-order valence-corrected chi connectivity index (χ2v) is 10.3. The summed E-state index contributed by atoms with van der Waals surface area (Å²) in [6.45, 7) is 0.305. The highest BCUT2D eigenvalue weighted by molar-refractivity contribution is 7.91. The number of hydrogen-bond donors (Lipinski definition) is 0. The van der Waals surface area contributed by atoms with Crippen molar-refractivity contribution in [2.24, 2.45) is 0 Å². The quantitative estimate of drug-likeness (QED) is 0.566. The molecule has 3 aromatic rings. The van der Waals surface area contributed by atoms with Crippen LogP contribution in [0.4, 0.5) is 0 Å². The summed E-state index contributed by atoms with van der Waals surface area (Å²) in [6.07, 6.45) is 0.421. The minimum atomic E-state index is -3.16. The molecule has 0 unspecified atom stereocenters. The van der Waals surface area contributed by atoms with Gasteiger partial charge in [0, 0.05) is 17.6 Å². The Bertz CT molecular complexity index is 1190. The van der Waals surface area contributed by atoms with Crippen LogP contribution in [0.5, 0.6) is 0 Å². The largest absolute Gasteiger partial charge is 0.330 e. The average molecular weight is 448 g/mol. The van der Waals surface area contributed by atoms with Gasteiger partial charge in [-0.15, -0.1) is 0 Å². The summed E-state index contributed by atoms with van der Waals surface area (Å²) < 4.78 is 24.2. The van der Waals surface area contributed by atoms with Crippen LogP contribution < -0.4 is 0 Å². The third-order valence-corrected chi connectivity index (χ3v) is 7.59. The first-order chi connectivity index (χ1) is 13.8. The summed E-state index contributed by atoms with van der Waals surface area (Å²) in [4.78, 5) is 15.1. The van der Waals surface area contributed by atoms with Gasteiger partial charge in [0.05, 0.1) is 22.1 Å². The van der Waals surface area contributed by atoms with Crippen molar-refractivity contribution in [1.82, 2.24) is 4.90 Å². The zero-order valence-electron chi connectivity index (χ0n) is 15.5. The molecule has 1 saturated heterocycles. The van der Waals surface area contributed by atoms with Crippen LogP contribution in [-0.4, -0.2) is 36.8 Å². The zero-order chi connectivity index (χ0) is 20.6. The molecule has 0 bridgehead atoms. The summed E-state index contributed by atoms with van der Waals surface area (Å²) in [5.74, 6) is -0.234. The van der Waals surface area contributed by atoms with E-state index in [0.29, 0.717) is 23.6 Å². The molecule has 4 rings (SSSR count). The fourth-order valence-electron chi connectivity index (χ4n) is 3.82. The molecule has 0 radical (unpaired) electrons. The van der Waals surface area contributed by atoms with E-state index in [1.54, 1.807) is 17.0 Å². The van der Waals surface area contributed by atoms with E-state index in [0.717, 1.165) is 16.3 Å². The maximum absolute atomic E-state index is 13.4. The molecule has 0 N–H and O–H groups in total. The number of rotatable bonds is 4. The highest BCUT2D eigenvalue weighted by Crippen LogP contribution is 2.28. The van der Waals surface area contributed by atoms with Crippen molar-refractivity contribution in [2.75, 3.05) is 11.5 Å². The standard InChI is InChI=1S/C22H19Cl2NO3S/c23-17-8-9-20(21(24)12-17)22(26)25(18-10-11-29(27,28)14-18)13-16-6-3-5-15-4-1-2-7-19(15)16/h1-9,12,18H,10-11,13-14H2/t18-/m0/s1. The van der Waals surface area contributed by atoms with Crippen molar-refractivity contribution in [3.63, 3.8) is 0 Å². The number of nitrogens with zero attached hydrogens (tertiary/aromatic N) is 1. The number of amides is 1. The second-order valence-electron chi connectivity index (χ2n) is 7.25. The van der Waals surface area contributed by atoms with Crippen molar-refractivity contribution >= 4 is 49.7 Å². The molecule has 150 valence electrons. The molecular formula is C22H19Cl2NO3S. The lowest BCUT2D eigenvalue weighted by Gasteiger charge is -2.29. The van der Waals surface area contributed by atoms with E-state index >= 15 is 0 Å². The monoisotopic (exact) mass is 447 g/mol. The lowest BCUT2D eigenvalue weighted by molar-refractivity contribution is 0.0682. The van der Waals surface area contributed by atoms with Crippen LogP contribution in [0.25, 0.3) is 10.8 Å². The number of carbonyl (C=O) groups excluding carboxylic acids is 1. The summed E-state index contributed by atoms with van der Waals surface area (Å²) >= 11 is 12.3. The van der Waals surface area contributed by atoms with Gasteiger partial charge in [0.1, 0.15) is 0 Å². The molecule has 1 aliphatic heterocycles. The first-order valence-corrected chi connectivity index (χ1v) is 11.8. The molecular weight excluding hydrogens is 429 g/mol. The molecule has 0 aromatic heterocycles. The van der Waals surface area contributed by atoms with Gasteiger partial charge < -0.3 is 4.90 Å². The van der Waals surface area contributed by atoms with E-state index in [1.807, 2.05) is 42.5 Å². The van der Waals surface area contributed by atoms with Gasteiger partial charge >= 0.3 is 0 Å². The van der Waals surface area contributed by atoms with E-state index in [1.165, 1.54) is 6.07 Å². The molecule has 1 heterocycles. The lowest BCUT2D eigenvalue weighted by Crippen LogP contribution is -2.40. The first-order valence-electron chi connectivity index (χ1n) is 9.27. The van der Waals surface area contributed by atoms with Crippen LogP contribution in [-0.2, 0) is 16.4 Å².